The fraction of sp³-hybridized carbons (Fsp3) is 0.133. The van der Waals surface area contributed by atoms with Gasteiger partial charge in [0.05, 0.1) is 10.0 Å². The summed E-state index contributed by atoms with van der Waals surface area (Å²) in [6, 6.07) is 12.2. The highest BCUT2D eigenvalue weighted by Crippen LogP contribution is 2.18. The van der Waals surface area contributed by atoms with Gasteiger partial charge in [-0.15, -0.1) is 0 Å². The number of halogens is 2. The van der Waals surface area contributed by atoms with Crippen LogP contribution in [-0.2, 0) is 13.1 Å². The highest BCUT2D eigenvalue weighted by Gasteiger charge is 2.13. The van der Waals surface area contributed by atoms with Gasteiger partial charge in [-0.2, -0.15) is 0 Å². The molecule has 0 aliphatic carbocycles. The predicted molar refractivity (Wildman–Crippen MR) is 79.6 cm³/mol. The van der Waals surface area contributed by atoms with Crippen molar-refractivity contribution in [2.45, 2.75) is 13.1 Å². The lowest BCUT2D eigenvalue weighted by Crippen LogP contribution is -2.23. The fourth-order valence-electron chi connectivity index (χ4n) is 1.75. The van der Waals surface area contributed by atoms with Crippen molar-refractivity contribution < 1.29 is 9.18 Å². The Morgan fingerprint density at radius 2 is 1.80 bits per heavy atom. The van der Waals surface area contributed by atoms with Crippen molar-refractivity contribution in [3.63, 3.8) is 0 Å². The third-order valence-electron chi connectivity index (χ3n) is 2.91. The molecule has 0 saturated heterocycles. The lowest BCUT2D eigenvalue weighted by Gasteiger charge is -2.07. The maximum Gasteiger partial charge on any atom is 0.254 e. The lowest BCUT2D eigenvalue weighted by molar-refractivity contribution is 0.0946. The van der Waals surface area contributed by atoms with E-state index in [1.54, 1.807) is 12.1 Å². The third-order valence-corrected chi connectivity index (χ3v) is 3.52. The number of hydrogen-bond acceptors (Lipinski definition) is 2. The molecule has 0 unspecified atom stereocenters. The van der Waals surface area contributed by atoms with Gasteiger partial charge in [-0.3, -0.25) is 4.79 Å². The van der Waals surface area contributed by atoms with E-state index < -0.39 is 11.7 Å². The number of benzene rings is 2. The maximum atomic E-state index is 13.8. The standard InChI is InChI=1S/C15H14BrFN2O/c16-13-3-1-2-12(14(13)17)15(20)19-9-11-6-4-10(8-18)5-7-11/h1-7H,8-9,18H2,(H,19,20). The summed E-state index contributed by atoms with van der Waals surface area (Å²) in [6.45, 7) is 0.825. The van der Waals surface area contributed by atoms with Gasteiger partial charge < -0.3 is 11.1 Å². The molecule has 2 rings (SSSR count). The van der Waals surface area contributed by atoms with E-state index in [1.165, 1.54) is 6.07 Å². The average Bonchev–Trinajstić information content (AvgIpc) is 2.48. The summed E-state index contributed by atoms with van der Waals surface area (Å²) in [4.78, 5) is 11.9. The molecule has 1 amide bonds. The molecule has 2 aromatic rings. The van der Waals surface area contributed by atoms with Crippen molar-refractivity contribution >= 4 is 21.8 Å². The normalized spacial score (nSPS) is 10.3. The van der Waals surface area contributed by atoms with Gasteiger partial charge in [0.25, 0.3) is 5.91 Å². The Bertz CT molecular complexity index is 614. The van der Waals surface area contributed by atoms with Crippen molar-refractivity contribution in [1.82, 2.24) is 5.32 Å². The quantitative estimate of drug-likeness (QED) is 0.901. The van der Waals surface area contributed by atoms with Crippen LogP contribution in [0.4, 0.5) is 4.39 Å². The summed E-state index contributed by atoms with van der Waals surface area (Å²) in [5, 5.41) is 2.69. The van der Waals surface area contributed by atoms with Crippen LogP contribution in [0.3, 0.4) is 0 Å². The van der Waals surface area contributed by atoms with E-state index in [0.717, 1.165) is 11.1 Å². The first kappa shape index (κ1) is 14.7. The number of rotatable bonds is 4. The summed E-state index contributed by atoms with van der Waals surface area (Å²) < 4.78 is 14.0. The lowest BCUT2D eigenvalue weighted by atomic mass is 10.1. The van der Waals surface area contributed by atoms with Gasteiger partial charge in [0, 0.05) is 13.1 Å². The summed E-state index contributed by atoms with van der Waals surface area (Å²) in [7, 11) is 0. The van der Waals surface area contributed by atoms with E-state index >= 15 is 0 Å². The first-order chi connectivity index (χ1) is 9.61. The molecule has 0 spiro atoms. The van der Waals surface area contributed by atoms with Crippen LogP contribution in [0.2, 0.25) is 0 Å². The first-order valence-electron chi connectivity index (χ1n) is 6.12. The zero-order chi connectivity index (χ0) is 14.5. The van der Waals surface area contributed by atoms with E-state index in [-0.39, 0.29) is 10.0 Å². The molecular weight excluding hydrogens is 323 g/mol. The Morgan fingerprint density at radius 3 is 2.45 bits per heavy atom. The number of amides is 1. The molecule has 0 aliphatic rings. The highest BCUT2D eigenvalue weighted by atomic mass is 79.9. The number of carbonyl (C=O) groups is 1. The van der Waals surface area contributed by atoms with Crippen LogP contribution in [-0.4, -0.2) is 5.91 Å². The molecule has 0 saturated carbocycles. The summed E-state index contributed by atoms with van der Waals surface area (Å²) in [5.74, 6) is -0.991. The predicted octanol–water partition coefficient (Wildman–Crippen LogP) is 2.98. The molecule has 0 heterocycles. The molecular formula is C15H14BrFN2O. The van der Waals surface area contributed by atoms with Gasteiger partial charge >= 0.3 is 0 Å². The molecule has 3 N–H and O–H groups in total. The molecule has 2 aromatic carbocycles. The van der Waals surface area contributed by atoms with E-state index in [4.69, 9.17) is 5.73 Å². The molecule has 0 atom stereocenters. The molecule has 0 radical (unpaired) electrons. The van der Waals surface area contributed by atoms with Crippen LogP contribution in [0.15, 0.2) is 46.9 Å². The zero-order valence-corrected chi connectivity index (χ0v) is 12.3. The van der Waals surface area contributed by atoms with Gasteiger partial charge in [0.1, 0.15) is 5.82 Å². The van der Waals surface area contributed by atoms with Gasteiger partial charge in [0.2, 0.25) is 0 Å². The maximum absolute atomic E-state index is 13.8. The molecule has 3 nitrogen and oxygen atoms in total. The van der Waals surface area contributed by atoms with Crippen molar-refractivity contribution in [1.29, 1.82) is 0 Å². The van der Waals surface area contributed by atoms with Gasteiger partial charge in [0.15, 0.2) is 0 Å². The van der Waals surface area contributed by atoms with Gasteiger partial charge in [-0.1, -0.05) is 30.3 Å². The van der Waals surface area contributed by atoms with E-state index in [1.807, 2.05) is 24.3 Å². The van der Waals surface area contributed by atoms with Crippen LogP contribution in [0.25, 0.3) is 0 Å². The molecule has 104 valence electrons. The summed E-state index contributed by atoms with van der Waals surface area (Å²) in [5.41, 5.74) is 7.50. The Kier molecular flexibility index (Phi) is 4.87. The van der Waals surface area contributed by atoms with Crippen LogP contribution in [0.5, 0.6) is 0 Å². The Balaban J connectivity index is 2.02. The van der Waals surface area contributed by atoms with E-state index in [9.17, 15) is 9.18 Å². The van der Waals surface area contributed by atoms with Gasteiger partial charge in [-0.05, 0) is 39.2 Å². The minimum absolute atomic E-state index is 0.0259. The number of carbonyl (C=O) groups excluding carboxylic acids is 1. The monoisotopic (exact) mass is 336 g/mol. The highest BCUT2D eigenvalue weighted by molar-refractivity contribution is 9.10. The number of hydrogen-bond donors (Lipinski definition) is 2. The minimum Gasteiger partial charge on any atom is -0.348 e. The van der Waals surface area contributed by atoms with Crippen LogP contribution >= 0.6 is 15.9 Å². The second-order valence-corrected chi connectivity index (χ2v) is 5.16. The van der Waals surface area contributed by atoms with Crippen molar-refractivity contribution in [3.8, 4) is 0 Å². The van der Waals surface area contributed by atoms with Crippen molar-refractivity contribution in [3.05, 3.63) is 69.4 Å². The van der Waals surface area contributed by atoms with E-state index in [0.29, 0.717) is 13.1 Å². The largest absolute Gasteiger partial charge is 0.348 e. The Morgan fingerprint density at radius 1 is 1.15 bits per heavy atom. The fourth-order valence-corrected chi connectivity index (χ4v) is 2.12. The molecule has 20 heavy (non-hydrogen) atoms. The Labute approximate surface area is 125 Å². The molecule has 0 aromatic heterocycles. The smallest absolute Gasteiger partial charge is 0.254 e. The molecule has 0 bridgehead atoms. The number of nitrogens with two attached hydrogens (primary N) is 1. The SMILES string of the molecule is NCc1ccc(CNC(=O)c2cccc(Br)c2F)cc1. The second kappa shape index (κ2) is 6.63. The second-order valence-electron chi connectivity index (χ2n) is 4.30. The first-order valence-corrected chi connectivity index (χ1v) is 6.91. The summed E-state index contributed by atoms with van der Waals surface area (Å²) in [6.07, 6.45) is 0. The average molecular weight is 337 g/mol. The molecule has 0 aliphatic heterocycles. The van der Waals surface area contributed by atoms with E-state index in [2.05, 4.69) is 21.2 Å². The zero-order valence-electron chi connectivity index (χ0n) is 10.7. The van der Waals surface area contributed by atoms with Crippen molar-refractivity contribution in [2.75, 3.05) is 0 Å². The topological polar surface area (TPSA) is 55.1 Å². The number of nitrogens with one attached hydrogen (secondary N) is 1. The molecule has 5 heteroatoms. The molecule has 0 fully saturated rings. The third kappa shape index (κ3) is 3.43. The van der Waals surface area contributed by atoms with Crippen LogP contribution in [0, 0.1) is 5.82 Å². The van der Waals surface area contributed by atoms with Crippen LogP contribution < -0.4 is 11.1 Å². The summed E-state index contributed by atoms with van der Waals surface area (Å²) >= 11 is 3.06. The Hall–Kier alpha value is -1.72. The van der Waals surface area contributed by atoms with Crippen molar-refractivity contribution in [2.24, 2.45) is 5.73 Å². The van der Waals surface area contributed by atoms with Gasteiger partial charge in [-0.25, -0.2) is 4.39 Å². The van der Waals surface area contributed by atoms with Crippen LogP contribution in [0.1, 0.15) is 21.5 Å². The minimum atomic E-state index is -0.552.